The van der Waals surface area contributed by atoms with E-state index in [1.807, 2.05) is 0 Å². The molecule has 5 heteroatoms. The third-order valence-corrected chi connectivity index (χ3v) is 2.77. The lowest BCUT2D eigenvalue weighted by Crippen LogP contribution is -2.14. The predicted octanol–water partition coefficient (Wildman–Crippen LogP) is 3.64. The van der Waals surface area contributed by atoms with E-state index in [0.717, 1.165) is 37.8 Å². The van der Waals surface area contributed by atoms with Crippen molar-refractivity contribution >= 4 is 11.9 Å². The normalized spacial score (nSPS) is 10.8. The van der Waals surface area contributed by atoms with Crippen LogP contribution in [0.25, 0.3) is 0 Å². The average Bonchev–Trinajstić information content (AvgIpc) is 2.52. The molecule has 0 saturated heterocycles. The Kier molecular flexibility index (Phi) is 15.0. The van der Waals surface area contributed by atoms with Gasteiger partial charge in [0.1, 0.15) is 0 Å². The van der Waals surface area contributed by atoms with E-state index in [4.69, 9.17) is 15.1 Å². The maximum atomic E-state index is 11.5. The van der Waals surface area contributed by atoms with Crippen LogP contribution in [0.5, 0.6) is 0 Å². The molecule has 0 aliphatic rings. The van der Waals surface area contributed by atoms with Crippen LogP contribution in [0.4, 0.5) is 0 Å². The minimum atomic E-state index is -1.11. The van der Waals surface area contributed by atoms with Crippen molar-refractivity contribution in [1.82, 2.24) is 0 Å². The zero-order valence-electron chi connectivity index (χ0n) is 13.4. The van der Waals surface area contributed by atoms with E-state index in [1.54, 1.807) is 6.07 Å². The molecule has 1 N–H and O–H groups in total. The van der Waals surface area contributed by atoms with Crippen molar-refractivity contribution in [3.8, 4) is 6.07 Å². The lowest BCUT2D eigenvalue weighted by molar-refractivity contribution is -0.140. The van der Waals surface area contributed by atoms with Crippen LogP contribution in [-0.4, -0.2) is 23.7 Å². The third-order valence-electron chi connectivity index (χ3n) is 2.77. The van der Waals surface area contributed by atoms with Crippen LogP contribution < -0.4 is 0 Å². The van der Waals surface area contributed by atoms with Gasteiger partial charge in [-0.05, 0) is 18.4 Å². The fourth-order valence-corrected chi connectivity index (χ4v) is 1.42. The highest BCUT2D eigenvalue weighted by Gasteiger charge is 2.11. The second kappa shape index (κ2) is 15.0. The largest absolute Gasteiger partial charge is 0.478 e. The zero-order chi connectivity index (χ0) is 17.4. The third kappa shape index (κ3) is 14.1. The summed E-state index contributed by atoms with van der Waals surface area (Å²) >= 11 is 0. The first-order chi connectivity index (χ1) is 10.4. The van der Waals surface area contributed by atoms with Crippen LogP contribution in [0.2, 0.25) is 0 Å². The zero-order valence-corrected chi connectivity index (χ0v) is 13.4. The molecule has 0 saturated carbocycles. The van der Waals surface area contributed by atoms with Crippen LogP contribution in [-0.2, 0) is 14.3 Å². The molecule has 0 bridgehead atoms. The standard InChI is InChI=1S/C14H22O4.C3H3N/c1-4-6-7-12(5-2)10-18-14(17)11(3)8-9-13(15)16;1-2-3-4/h8-9,12H,3-7,10H2,1-2H3,(H,15,16);2H,1H2. The van der Waals surface area contributed by atoms with Gasteiger partial charge in [0.05, 0.1) is 18.2 Å². The van der Waals surface area contributed by atoms with Crippen LogP contribution in [0.3, 0.4) is 0 Å². The van der Waals surface area contributed by atoms with Crippen molar-refractivity contribution in [1.29, 1.82) is 5.26 Å². The second-order valence-corrected chi connectivity index (χ2v) is 4.54. The molecule has 0 aliphatic heterocycles. The Balaban J connectivity index is 0. The molecule has 22 heavy (non-hydrogen) atoms. The number of carbonyl (C=O) groups is 2. The number of nitriles is 1. The number of aliphatic carboxylic acids is 1. The highest BCUT2D eigenvalue weighted by Crippen LogP contribution is 2.13. The summed E-state index contributed by atoms with van der Waals surface area (Å²) in [6, 6.07) is 1.69. The Hall–Kier alpha value is -2.35. The monoisotopic (exact) mass is 307 g/mol. The quantitative estimate of drug-likeness (QED) is 0.304. The van der Waals surface area contributed by atoms with Gasteiger partial charge in [0.25, 0.3) is 0 Å². The Morgan fingerprint density at radius 3 is 2.36 bits per heavy atom. The van der Waals surface area contributed by atoms with Crippen LogP contribution in [0.1, 0.15) is 39.5 Å². The van der Waals surface area contributed by atoms with E-state index in [-0.39, 0.29) is 5.57 Å². The van der Waals surface area contributed by atoms with Crippen molar-refractivity contribution < 1.29 is 19.4 Å². The van der Waals surface area contributed by atoms with Crippen molar-refractivity contribution in [3.05, 3.63) is 37.0 Å². The van der Waals surface area contributed by atoms with Crippen LogP contribution in [0.15, 0.2) is 37.0 Å². The van der Waals surface area contributed by atoms with Crippen molar-refractivity contribution in [2.75, 3.05) is 6.61 Å². The van der Waals surface area contributed by atoms with Gasteiger partial charge in [0.15, 0.2) is 0 Å². The molecule has 0 radical (unpaired) electrons. The van der Waals surface area contributed by atoms with Gasteiger partial charge in [-0.3, -0.25) is 0 Å². The second-order valence-electron chi connectivity index (χ2n) is 4.54. The van der Waals surface area contributed by atoms with E-state index in [9.17, 15) is 9.59 Å². The lowest BCUT2D eigenvalue weighted by Gasteiger charge is -2.14. The molecule has 0 fully saturated rings. The van der Waals surface area contributed by atoms with Gasteiger partial charge in [-0.15, -0.1) is 0 Å². The summed E-state index contributed by atoms with van der Waals surface area (Å²) in [6.07, 6.45) is 7.45. The van der Waals surface area contributed by atoms with E-state index < -0.39 is 11.9 Å². The molecule has 0 aromatic heterocycles. The van der Waals surface area contributed by atoms with Gasteiger partial charge in [0, 0.05) is 12.2 Å². The van der Waals surface area contributed by atoms with Crippen molar-refractivity contribution in [3.63, 3.8) is 0 Å². The van der Waals surface area contributed by atoms with Crippen molar-refractivity contribution in [2.24, 2.45) is 5.92 Å². The average molecular weight is 307 g/mol. The number of carboxylic acid groups (broad SMARTS) is 1. The molecule has 1 atom stereocenters. The number of nitrogens with zero attached hydrogens (tertiary/aromatic N) is 1. The van der Waals surface area contributed by atoms with Gasteiger partial charge in [0.2, 0.25) is 0 Å². The van der Waals surface area contributed by atoms with E-state index in [1.165, 1.54) is 6.08 Å². The summed E-state index contributed by atoms with van der Waals surface area (Å²) in [5.41, 5.74) is 0.0581. The molecule has 0 rings (SSSR count). The highest BCUT2D eigenvalue weighted by atomic mass is 16.5. The summed E-state index contributed by atoms with van der Waals surface area (Å²) in [4.78, 5) is 21.8. The highest BCUT2D eigenvalue weighted by molar-refractivity contribution is 5.93. The van der Waals surface area contributed by atoms with Gasteiger partial charge < -0.3 is 9.84 Å². The summed E-state index contributed by atoms with van der Waals surface area (Å²) in [6.45, 7) is 11.1. The molecule has 5 nitrogen and oxygen atoms in total. The maximum absolute atomic E-state index is 11.5. The molecular weight excluding hydrogens is 282 g/mol. The number of unbranched alkanes of at least 4 members (excludes halogenated alkanes) is 1. The summed E-state index contributed by atoms with van der Waals surface area (Å²) in [5, 5.41) is 15.9. The smallest absolute Gasteiger partial charge is 0.337 e. The number of carbonyl (C=O) groups excluding carboxylic acids is 1. The number of rotatable bonds is 9. The number of carboxylic acids is 1. The van der Waals surface area contributed by atoms with Gasteiger partial charge >= 0.3 is 11.9 Å². The van der Waals surface area contributed by atoms with E-state index in [2.05, 4.69) is 27.0 Å². The Morgan fingerprint density at radius 2 is 1.95 bits per heavy atom. The molecule has 0 amide bonds. The summed E-state index contributed by atoms with van der Waals surface area (Å²) < 4.78 is 5.10. The summed E-state index contributed by atoms with van der Waals surface area (Å²) in [5.74, 6) is -1.30. The predicted molar refractivity (Wildman–Crippen MR) is 86.0 cm³/mol. The van der Waals surface area contributed by atoms with Gasteiger partial charge in [-0.1, -0.05) is 46.3 Å². The Morgan fingerprint density at radius 1 is 1.36 bits per heavy atom. The number of esters is 1. The molecule has 122 valence electrons. The van der Waals surface area contributed by atoms with Gasteiger partial charge in [-0.25, -0.2) is 9.59 Å². The fourth-order valence-electron chi connectivity index (χ4n) is 1.42. The molecular formula is C17H25NO4. The van der Waals surface area contributed by atoms with Crippen LogP contribution >= 0.6 is 0 Å². The van der Waals surface area contributed by atoms with E-state index >= 15 is 0 Å². The van der Waals surface area contributed by atoms with Crippen molar-refractivity contribution in [2.45, 2.75) is 39.5 Å². The lowest BCUT2D eigenvalue weighted by atomic mass is 10.0. The first-order valence-corrected chi connectivity index (χ1v) is 7.20. The topological polar surface area (TPSA) is 87.4 Å². The number of ether oxygens (including phenoxy) is 1. The fraction of sp³-hybridized carbons (Fsp3) is 0.471. The molecule has 0 aliphatic carbocycles. The number of hydrogen-bond acceptors (Lipinski definition) is 4. The first kappa shape index (κ1) is 21.9. The SMILES string of the molecule is C=C(C=CC(=O)O)C(=O)OCC(CC)CCCC.C=CC#N. The molecule has 0 heterocycles. The Labute approximate surface area is 132 Å². The molecule has 0 spiro atoms. The number of allylic oxidation sites excluding steroid dienone is 1. The molecule has 0 aromatic carbocycles. The number of hydrogen-bond donors (Lipinski definition) is 1. The first-order valence-electron chi connectivity index (χ1n) is 7.20. The van der Waals surface area contributed by atoms with E-state index in [0.29, 0.717) is 12.5 Å². The molecule has 1 unspecified atom stereocenters. The molecule has 0 aromatic rings. The van der Waals surface area contributed by atoms with Crippen LogP contribution in [0, 0.1) is 17.2 Å². The van der Waals surface area contributed by atoms with Gasteiger partial charge in [-0.2, -0.15) is 5.26 Å². The Bertz CT molecular complexity index is 432. The minimum Gasteiger partial charge on any atom is -0.478 e. The summed E-state index contributed by atoms with van der Waals surface area (Å²) in [7, 11) is 0. The maximum Gasteiger partial charge on any atom is 0.337 e. The minimum absolute atomic E-state index is 0.0581.